The highest BCUT2D eigenvalue weighted by Crippen LogP contribution is 2.62. The lowest BCUT2D eigenvalue weighted by molar-refractivity contribution is -0.151. The van der Waals surface area contributed by atoms with Crippen LogP contribution in [0.3, 0.4) is 0 Å². The number of aliphatic carboxylic acids is 1. The van der Waals surface area contributed by atoms with Gasteiger partial charge in [-0.15, -0.1) is 0 Å². The first kappa shape index (κ1) is 22.2. The molecule has 0 amide bonds. The summed E-state index contributed by atoms with van der Waals surface area (Å²) in [6, 6.07) is 1.04. The maximum absolute atomic E-state index is 12.7. The molecule has 2 rings (SSSR count). The number of aliphatic imine (C=N–C) groups is 1. The highest BCUT2D eigenvalue weighted by Gasteiger charge is 2.73. The zero-order valence-corrected chi connectivity index (χ0v) is 18.8. The van der Waals surface area contributed by atoms with Crippen molar-refractivity contribution in [1.29, 1.82) is 0 Å². The molecule has 3 unspecified atom stereocenters. The second kappa shape index (κ2) is 8.53. The van der Waals surface area contributed by atoms with Crippen molar-refractivity contribution in [3.63, 3.8) is 0 Å². The third kappa shape index (κ3) is 5.26. The Morgan fingerprint density at radius 2 is 2.07 bits per heavy atom. The molecule has 9 heteroatoms. The van der Waals surface area contributed by atoms with E-state index in [-0.39, 0.29) is 12.6 Å². The van der Waals surface area contributed by atoms with Crippen LogP contribution in [0.1, 0.15) is 33.1 Å². The second-order valence-corrected chi connectivity index (χ2v) is 15.6. The van der Waals surface area contributed by atoms with E-state index < -0.39 is 30.3 Å². The third-order valence-electron chi connectivity index (χ3n) is 5.07. The third-order valence-corrected chi connectivity index (χ3v) is 8.18. The number of fused-ring (bicyclic) bond motifs is 1. The van der Waals surface area contributed by atoms with Gasteiger partial charge in [0.05, 0.1) is 6.61 Å². The molecule has 0 bridgehead atoms. The van der Waals surface area contributed by atoms with Crippen molar-refractivity contribution in [2.45, 2.75) is 69.1 Å². The largest absolute Gasteiger partial charge is 0.480 e. The Kier molecular flexibility index (Phi) is 7.02. The van der Waals surface area contributed by atoms with Crippen molar-refractivity contribution >= 4 is 36.9 Å². The Bertz CT molecular complexity index is 609. The number of nitrogens with zero attached hydrogens (tertiary/aromatic N) is 1. The summed E-state index contributed by atoms with van der Waals surface area (Å²) in [4.78, 5) is 28.9. The summed E-state index contributed by atoms with van der Waals surface area (Å²) in [6.07, 6.45) is 2.14. The van der Waals surface area contributed by atoms with E-state index >= 15 is 0 Å². The minimum atomic E-state index is -1.17. The van der Waals surface area contributed by atoms with Crippen molar-refractivity contribution in [2.24, 2.45) is 10.9 Å². The molecule has 1 aliphatic carbocycles. The topological polar surface area (TPSA) is 97.2 Å². The van der Waals surface area contributed by atoms with Crippen molar-refractivity contribution in [3.8, 4) is 0 Å². The molecule has 7 nitrogen and oxygen atoms in total. The molecular weight excluding hydrogens is 384 g/mol. The Labute approximate surface area is 166 Å². The Hall–Kier alpha value is -1.06. The van der Waals surface area contributed by atoms with Crippen LogP contribution >= 0.6 is 11.8 Å². The highest BCUT2D eigenvalue weighted by atomic mass is 32.2. The summed E-state index contributed by atoms with van der Waals surface area (Å²) in [5, 5.41) is 13.3. The number of carboxylic acid groups (broad SMARTS) is 1. The van der Waals surface area contributed by atoms with Gasteiger partial charge in [0.2, 0.25) is 0 Å². The standard InChI is InChI=1S/C18H32N2O5SSi/c1-6-7-8-25-15(23)17(2)13-11-18(13,14(21)22)26-16(20-17)19-12-24-9-10-27(3,4)5/h13H,6-12H2,1-5H3,(H,19,20)(H,21,22). The van der Waals surface area contributed by atoms with Crippen LogP contribution in [0.4, 0.5) is 0 Å². The van der Waals surface area contributed by atoms with Crippen molar-refractivity contribution in [2.75, 3.05) is 19.9 Å². The molecule has 1 aliphatic heterocycles. The molecule has 0 aromatic rings. The van der Waals surface area contributed by atoms with Crippen LogP contribution < -0.4 is 5.32 Å². The second-order valence-electron chi connectivity index (χ2n) is 8.68. The normalized spacial score (nSPS) is 31.1. The number of carboxylic acids is 1. The first-order valence-electron chi connectivity index (χ1n) is 9.55. The number of nitrogens with one attached hydrogen (secondary N) is 1. The minimum absolute atomic E-state index is 0.154. The maximum atomic E-state index is 12.7. The Balaban J connectivity index is 2.03. The van der Waals surface area contributed by atoms with E-state index in [2.05, 4.69) is 30.0 Å². The van der Waals surface area contributed by atoms with Gasteiger partial charge in [0.1, 0.15) is 17.0 Å². The number of ether oxygens (including phenoxy) is 2. The number of hydrogen-bond donors (Lipinski definition) is 2. The van der Waals surface area contributed by atoms with E-state index in [1.165, 1.54) is 11.8 Å². The van der Waals surface area contributed by atoms with Gasteiger partial charge in [-0.25, -0.2) is 9.79 Å². The van der Waals surface area contributed by atoms with Crippen molar-refractivity contribution in [1.82, 2.24) is 5.32 Å². The number of rotatable bonds is 10. The number of carbonyl (C=O) groups excluding carboxylic acids is 1. The van der Waals surface area contributed by atoms with Crippen LogP contribution in [0.2, 0.25) is 25.7 Å². The molecule has 1 saturated heterocycles. The van der Waals surface area contributed by atoms with Gasteiger partial charge in [-0.05, 0) is 25.8 Å². The van der Waals surface area contributed by atoms with Crippen LogP contribution in [-0.4, -0.2) is 60.5 Å². The van der Waals surface area contributed by atoms with Gasteiger partial charge in [-0.3, -0.25) is 4.79 Å². The summed E-state index contributed by atoms with van der Waals surface area (Å²) in [7, 11) is -1.17. The van der Waals surface area contributed by atoms with Gasteiger partial charge in [0, 0.05) is 20.6 Å². The molecule has 2 aliphatic rings. The van der Waals surface area contributed by atoms with Gasteiger partial charge in [-0.2, -0.15) is 0 Å². The van der Waals surface area contributed by atoms with Gasteiger partial charge in [0.25, 0.3) is 0 Å². The summed E-state index contributed by atoms with van der Waals surface area (Å²) in [5.74, 6) is -1.62. The lowest BCUT2D eigenvalue weighted by Crippen LogP contribution is -2.59. The highest BCUT2D eigenvalue weighted by molar-refractivity contribution is 8.16. The molecule has 1 heterocycles. The summed E-state index contributed by atoms with van der Waals surface area (Å²) < 4.78 is 9.98. The molecule has 0 spiro atoms. The number of hydrogen-bond acceptors (Lipinski definition) is 6. The Morgan fingerprint density at radius 3 is 2.67 bits per heavy atom. The zero-order valence-electron chi connectivity index (χ0n) is 17.0. The van der Waals surface area contributed by atoms with Crippen LogP contribution in [0, 0.1) is 5.92 Å². The van der Waals surface area contributed by atoms with Gasteiger partial charge < -0.3 is 19.9 Å². The monoisotopic (exact) mass is 416 g/mol. The number of carbonyl (C=O) groups is 2. The maximum Gasteiger partial charge on any atom is 0.331 e. The van der Waals surface area contributed by atoms with E-state index in [0.717, 1.165) is 18.9 Å². The summed E-state index contributed by atoms with van der Waals surface area (Å²) >= 11 is 1.19. The average Bonchev–Trinajstić information content (AvgIpc) is 3.31. The lowest BCUT2D eigenvalue weighted by Gasteiger charge is -2.36. The lowest BCUT2D eigenvalue weighted by atomic mass is 9.94. The zero-order chi connectivity index (χ0) is 20.3. The van der Waals surface area contributed by atoms with Crippen LogP contribution in [0.5, 0.6) is 0 Å². The molecule has 3 atom stereocenters. The fourth-order valence-electron chi connectivity index (χ4n) is 3.09. The van der Waals surface area contributed by atoms with E-state index in [9.17, 15) is 14.7 Å². The molecule has 2 N–H and O–H groups in total. The predicted molar refractivity (Wildman–Crippen MR) is 110 cm³/mol. The van der Waals surface area contributed by atoms with Crippen LogP contribution in [0.15, 0.2) is 4.99 Å². The molecule has 154 valence electrons. The molecular formula is C18H32N2O5SSi. The number of thioether (sulfide) groups is 1. The van der Waals surface area contributed by atoms with E-state index in [0.29, 0.717) is 24.8 Å². The molecule has 1 saturated carbocycles. The molecule has 0 radical (unpaired) electrons. The predicted octanol–water partition coefficient (Wildman–Crippen LogP) is 2.94. The number of esters is 1. The number of unbranched alkanes of at least 4 members (excludes halogenated alkanes) is 1. The molecule has 2 fully saturated rings. The smallest absolute Gasteiger partial charge is 0.331 e. The van der Waals surface area contributed by atoms with Gasteiger partial charge >= 0.3 is 11.9 Å². The molecule has 27 heavy (non-hydrogen) atoms. The fraction of sp³-hybridized carbons (Fsp3) is 0.833. The van der Waals surface area contributed by atoms with E-state index in [1.54, 1.807) is 6.92 Å². The fourth-order valence-corrected chi connectivity index (χ4v) is 5.28. The average molecular weight is 417 g/mol. The molecule has 0 aromatic carbocycles. The quantitative estimate of drug-likeness (QED) is 0.321. The Morgan fingerprint density at radius 1 is 1.37 bits per heavy atom. The first-order valence-corrected chi connectivity index (χ1v) is 14.1. The van der Waals surface area contributed by atoms with Crippen molar-refractivity contribution < 1.29 is 24.2 Å². The van der Waals surface area contributed by atoms with Crippen LogP contribution in [-0.2, 0) is 19.1 Å². The minimum Gasteiger partial charge on any atom is -0.480 e. The number of amidine groups is 1. The summed E-state index contributed by atoms with van der Waals surface area (Å²) in [6.45, 7) is 11.7. The summed E-state index contributed by atoms with van der Waals surface area (Å²) in [5.41, 5.74) is -1.07. The SMILES string of the molecule is CCCCOC(=O)C1(C)NC(=NCOCC[Si](C)(C)C)SC2(C(=O)O)CC12. The first-order chi connectivity index (χ1) is 12.5. The van der Waals surface area contributed by atoms with Crippen molar-refractivity contribution in [3.05, 3.63) is 0 Å². The van der Waals surface area contributed by atoms with Gasteiger partial charge in [0.15, 0.2) is 5.17 Å². The molecule has 0 aromatic heterocycles. The van der Waals surface area contributed by atoms with E-state index in [4.69, 9.17) is 9.47 Å². The van der Waals surface area contributed by atoms with Gasteiger partial charge in [-0.1, -0.05) is 44.7 Å². The van der Waals surface area contributed by atoms with Crippen LogP contribution in [0.25, 0.3) is 0 Å². The van der Waals surface area contributed by atoms with E-state index in [1.807, 2.05) is 6.92 Å².